The van der Waals surface area contributed by atoms with Crippen LogP contribution in [-0.4, -0.2) is 4.57 Å². The molecule has 0 bridgehead atoms. The van der Waals surface area contributed by atoms with Crippen LogP contribution in [0.5, 0.6) is 0 Å². The summed E-state index contributed by atoms with van der Waals surface area (Å²) in [4.78, 5) is 0. The van der Waals surface area contributed by atoms with Gasteiger partial charge in [0, 0.05) is 28.2 Å². The second-order valence-electron chi connectivity index (χ2n) is 7.29. The largest absolute Gasteiger partial charge is 0.354 e. The van der Waals surface area contributed by atoms with E-state index in [1.165, 1.54) is 22.3 Å². The van der Waals surface area contributed by atoms with Crippen LogP contribution in [0.2, 0.25) is 5.02 Å². The molecule has 1 heterocycles. The molecule has 140 valence electrons. The maximum atomic E-state index is 6.04. The summed E-state index contributed by atoms with van der Waals surface area (Å²) < 4.78 is 2.24. The summed E-state index contributed by atoms with van der Waals surface area (Å²) in [7, 11) is 0. The molecule has 0 radical (unpaired) electrons. The number of halogens is 1. The molecule has 1 aromatic heterocycles. The van der Waals surface area contributed by atoms with Crippen LogP contribution in [0.25, 0.3) is 16.9 Å². The molecule has 0 saturated carbocycles. The van der Waals surface area contributed by atoms with E-state index in [0.717, 1.165) is 27.8 Å². The van der Waals surface area contributed by atoms with Gasteiger partial charge in [-0.15, -0.1) is 0 Å². The molecule has 2 nitrogen and oxygen atoms in total. The Balaban J connectivity index is 1.86. The average molecular weight is 387 g/mol. The van der Waals surface area contributed by atoms with Gasteiger partial charge < -0.3 is 9.88 Å². The predicted octanol–water partition coefficient (Wildman–Crippen LogP) is 7.47. The van der Waals surface area contributed by atoms with E-state index >= 15 is 0 Å². The van der Waals surface area contributed by atoms with Crippen molar-refractivity contribution in [2.45, 2.75) is 20.8 Å². The molecule has 4 rings (SSSR count). The molecular formula is C25H23ClN2. The van der Waals surface area contributed by atoms with Crippen LogP contribution in [0.1, 0.15) is 16.7 Å². The van der Waals surface area contributed by atoms with E-state index in [1.807, 2.05) is 24.3 Å². The first-order valence-electron chi connectivity index (χ1n) is 9.39. The summed E-state index contributed by atoms with van der Waals surface area (Å²) in [6.07, 6.45) is 2.12. The minimum Gasteiger partial charge on any atom is -0.354 e. The van der Waals surface area contributed by atoms with E-state index in [9.17, 15) is 0 Å². The third-order valence-electron chi connectivity index (χ3n) is 4.82. The van der Waals surface area contributed by atoms with Crippen molar-refractivity contribution in [2.75, 3.05) is 5.32 Å². The number of aryl methyl sites for hydroxylation is 3. The number of hydrogen-bond donors (Lipinski definition) is 1. The van der Waals surface area contributed by atoms with Crippen molar-refractivity contribution in [3.63, 3.8) is 0 Å². The number of hydrogen-bond acceptors (Lipinski definition) is 1. The van der Waals surface area contributed by atoms with Crippen molar-refractivity contribution in [3.8, 4) is 16.9 Å². The number of nitrogens with zero attached hydrogens (tertiary/aromatic N) is 1. The Labute approximate surface area is 171 Å². The monoisotopic (exact) mass is 386 g/mol. The number of nitrogens with one attached hydrogen (secondary N) is 1. The predicted molar refractivity (Wildman–Crippen MR) is 120 cm³/mol. The minimum atomic E-state index is 0.734. The summed E-state index contributed by atoms with van der Waals surface area (Å²) in [5.74, 6) is 0. The molecule has 0 unspecified atom stereocenters. The number of aromatic nitrogens is 1. The number of rotatable bonds is 4. The molecule has 0 fully saturated rings. The van der Waals surface area contributed by atoms with E-state index in [0.29, 0.717) is 0 Å². The van der Waals surface area contributed by atoms with Crippen LogP contribution < -0.4 is 5.32 Å². The molecule has 0 aliphatic carbocycles. The Kier molecular flexibility index (Phi) is 4.97. The molecule has 1 N–H and O–H groups in total. The molecule has 0 spiro atoms. The Morgan fingerprint density at radius 3 is 2.00 bits per heavy atom. The lowest BCUT2D eigenvalue weighted by Gasteiger charge is -2.15. The zero-order chi connectivity index (χ0) is 19.7. The van der Waals surface area contributed by atoms with Crippen LogP contribution in [0.4, 0.5) is 11.4 Å². The van der Waals surface area contributed by atoms with Crippen LogP contribution >= 0.6 is 11.6 Å². The smallest absolute Gasteiger partial charge is 0.0765 e. The normalized spacial score (nSPS) is 10.9. The van der Waals surface area contributed by atoms with Crippen molar-refractivity contribution in [3.05, 3.63) is 101 Å². The van der Waals surface area contributed by atoms with E-state index in [-0.39, 0.29) is 0 Å². The topological polar surface area (TPSA) is 17.0 Å². The standard InChI is InChI=1S/C25H23ClN2/c1-17-4-10-23(11-5-17)28-13-12-24(27-22-8-6-21(26)7-9-22)25(28)20-15-18(2)14-19(3)16-20/h4-16,27H,1-3H3. The molecule has 0 atom stereocenters. The van der Waals surface area contributed by atoms with Crippen LogP contribution in [0.3, 0.4) is 0 Å². The first-order valence-corrected chi connectivity index (χ1v) is 9.77. The fourth-order valence-corrected chi connectivity index (χ4v) is 3.67. The fourth-order valence-electron chi connectivity index (χ4n) is 3.55. The Morgan fingerprint density at radius 1 is 0.714 bits per heavy atom. The second kappa shape index (κ2) is 7.57. The summed E-state index contributed by atoms with van der Waals surface area (Å²) in [5.41, 5.74) is 9.32. The van der Waals surface area contributed by atoms with Crippen LogP contribution in [-0.2, 0) is 0 Å². The van der Waals surface area contributed by atoms with Gasteiger partial charge in [0.2, 0.25) is 0 Å². The molecule has 3 heteroatoms. The number of anilines is 2. The van der Waals surface area contributed by atoms with Crippen molar-refractivity contribution >= 4 is 23.0 Å². The van der Waals surface area contributed by atoms with Crippen molar-refractivity contribution in [1.29, 1.82) is 0 Å². The highest BCUT2D eigenvalue weighted by Gasteiger charge is 2.14. The number of benzene rings is 3. The van der Waals surface area contributed by atoms with Gasteiger partial charge in [0.05, 0.1) is 11.4 Å². The summed E-state index contributed by atoms with van der Waals surface area (Å²) >= 11 is 6.04. The SMILES string of the molecule is Cc1ccc(-n2ccc(Nc3ccc(Cl)cc3)c2-c2cc(C)cc(C)c2)cc1. The van der Waals surface area contributed by atoms with E-state index in [2.05, 4.69) is 85.4 Å². The van der Waals surface area contributed by atoms with Crippen molar-refractivity contribution in [2.24, 2.45) is 0 Å². The third-order valence-corrected chi connectivity index (χ3v) is 5.07. The first-order chi connectivity index (χ1) is 13.5. The zero-order valence-electron chi connectivity index (χ0n) is 16.3. The second-order valence-corrected chi connectivity index (χ2v) is 7.73. The lowest BCUT2D eigenvalue weighted by atomic mass is 10.0. The Bertz CT molecular complexity index is 1090. The summed E-state index contributed by atoms with van der Waals surface area (Å²) in [6, 6.07) is 25.2. The zero-order valence-corrected chi connectivity index (χ0v) is 17.1. The van der Waals surface area contributed by atoms with Gasteiger partial charge in [-0.2, -0.15) is 0 Å². The molecule has 3 aromatic carbocycles. The lowest BCUT2D eigenvalue weighted by Crippen LogP contribution is -1.99. The quantitative estimate of drug-likeness (QED) is 0.385. The highest BCUT2D eigenvalue weighted by molar-refractivity contribution is 6.30. The summed E-state index contributed by atoms with van der Waals surface area (Å²) in [6.45, 7) is 6.39. The van der Waals surface area contributed by atoms with Gasteiger partial charge in [0.15, 0.2) is 0 Å². The minimum absolute atomic E-state index is 0.734. The van der Waals surface area contributed by atoms with Gasteiger partial charge >= 0.3 is 0 Å². The molecule has 0 saturated heterocycles. The van der Waals surface area contributed by atoms with E-state index in [1.54, 1.807) is 0 Å². The average Bonchev–Trinajstić information content (AvgIpc) is 3.07. The van der Waals surface area contributed by atoms with Crippen molar-refractivity contribution in [1.82, 2.24) is 4.57 Å². The highest BCUT2D eigenvalue weighted by Crippen LogP contribution is 2.35. The third kappa shape index (κ3) is 3.83. The maximum absolute atomic E-state index is 6.04. The van der Waals surface area contributed by atoms with Gasteiger partial charge in [0.1, 0.15) is 0 Å². The van der Waals surface area contributed by atoms with Gasteiger partial charge in [-0.05, 0) is 75.4 Å². The summed E-state index contributed by atoms with van der Waals surface area (Å²) in [5, 5.41) is 4.29. The first kappa shape index (κ1) is 18.4. The van der Waals surface area contributed by atoms with Gasteiger partial charge in [-0.25, -0.2) is 0 Å². The Morgan fingerprint density at radius 2 is 1.36 bits per heavy atom. The molecule has 4 aromatic rings. The molecule has 0 aliphatic heterocycles. The van der Waals surface area contributed by atoms with Gasteiger partial charge in [-0.1, -0.05) is 46.5 Å². The van der Waals surface area contributed by atoms with E-state index < -0.39 is 0 Å². The molecular weight excluding hydrogens is 364 g/mol. The van der Waals surface area contributed by atoms with E-state index in [4.69, 9.17) is 11.6 Å². The fraction of sp³-hybridized carbons (Fsp3) is 0.120. The van der Waals surface area contributed by atoms with Gasteiger partial charge in [-0.3, -0.25) is 0 Å². The highest BCUT2D eigenvalue weighted by atomic mass is 35.5. The van der Waals surface area contributed by atoms with Crippen LogP contribution in [0, 0.1) is 20.8 Å². The molecule has 0 aliphatic rings. The molecule has 28 heavy (non-hydrogen) atoms. The molecule has 0 amide bonds. The van der Waals surface area contributed by atoms with Gasteiger partial charge in [0.25, 0.3) is 0 Å². The van der Waals surface area contributed by atoms with Crippen molar-refractivity contribution < 1.29 is 0 Å². The van der Waals surface area contributed by atoms with Crippen LogP contribution in [0.15, 0.2) is 79.0 Å². The lowest BCUT2D eigenvalue weighted by molar-refractivity contribution is 1.08. The Hall–Kier alpha value is -2.97. The maximum Gasteiger partial charge on any atom is 0.0765 e.